The van der Waals surface area contributed by atoms with Gasteiger partial charge in [-0.1, -0.05) is 51.1 Å². The Hall–Kier alpha value is -2.34. The Kier molecular flexibility index (Phi) is 5.85. The van der Waals surface area contributed by atoms with Gasteiger partial charge in [0.2, 0.25) is 0 Å². The van der Waals surface area contributed by atoms with Crippen LogP contribution in [-0.4, -0.2) is 40.8 Å². The first kappa shape index (κ1) is 19.4. The summed E-state index contributed by atoms with van der Waals surface area (Å²) in [6, 6.07) is 12.0. The second kappa shape index (κ2) is 8.13. The van der Waals surface area contributed by atoms with Crippen LogP contribution in [0.15, 0.2) is 42.6 Å². The minimum absolute atomic E-state index is 0.0883. The molecule has 6 heteroatoms. The van der Waals surface area contributed by atoms with E-state index in [0.29, 0.717) is 11.9 Å². The summed E-state index contributed by atoms with van der Waals surface area (Å²) in [4.78, 5) is 14.9. The summed E-state index contributed by atoms with van der Waals surface area (Å²) in [5.41, 5.74) is 0.989. The van der Waals surface area contributed by atoms with Gasteiger partial charge in [0.25, 0.3) is 0 Å². The molecule has 1 aromatic carbocycles. The van der Waals surface area contributed by atoms with Crippen molar-refractivity contribution in [2.24, 2.45) is 5.41 Å². The fourth-order valence-electron chi connectivity index (χ4n) is 3.60. The molecule has 0 radical (unpaired) electrons. The van der Waals surface area contributed by atoms with Gasteiger partial charge in [0, 0.05) is 12.3 Å². The second-order valence-electron chi connectivity index (χ2n) is 8.52. The quantitative estimate of drug-likeness (QED) is 0.854. The lowest BCUT2D eigenvalue weighted by Crippen LogP contribution is -2.39. The summed E-state index contributed by atoms with van der Waals surface area (Å²) in [5.74, 6) is 0.590. The van der Waals surface area contributed by atoms with E-state index < -0.39 is 0 Å². The lowest BCUT2D eigenvalue weighted by Gasteiger charge is -2.32. The summed E-state index contributed by atoms with van der Waals surface area (Å²) in [6.45, 7) is 8.54. The van der Waals surface area contributed by atoms with E-state index in [1.165, 1.54) is 0 Å². The van der Waals surface area contributed by atoms with Gasteiger partial charge in [0.15, 0.2) is 5.82 Å². The first-order chi connectivity index (χ1) is 12.8. The molecule has 0 saturated carbocycles. The molecule has 2 N–H and O–H groups in total. The van der Waals surface area contributed by atoms with Crippen molar-refractivity contribution in [3.63, 3.8) is 0 Å². The minimum Gasteiger partial charge on any atom is -0.330 e. The Morgan fingerprint density at radius 3 is 2.44 bits per heavy atom. The Balaban J connectivity index is 1.63. The molecule has 0 aliphatic carbocycles. The standard InChI is InChI=1S/C21H31N5O/c1-21(2,3)19(16-8-6-5-7-9-16)23-20(27)22-18-12-15-26(24-18)17-10-13-25(4)14-11-17/h5-9,12,15,17,19H,10-11,13-14H2,1-4H3,(H2,22,23,24,27). The third kappa shape index (κ3) is 5.10. The minimum atomic E-state index is -0.229. The summed E-state index contributed by atoms with van der Waals surface area (Å²) in [6.07, 6.45) is 4.14. The Bertz CT molecular complexity index is 741. The normalized spacial score (nSPS) is 17.5. The number of likely N-dealkylation sites (tertiary alicyclic amines) is 1. The molecule has 1 aromatic heterocycles. The van der Waals surface area contributed by atoms with Gasteiger partial charge in [-0.25, -0.2) is 4.79 Å². The topological polar surface area (TPSA) is 62.2 Å². The number of anilines is 1. The third-order valence-electron chi connectivity index (χ3n) is 5.19. The summed E-state index contributed by atoms with van der Waals surface area (Å²) >= 11 is 0. The van der Waals surface area contributed by atoms with Gasteiger partial charge in [-0.05, 0) is 44.0 Å². The summed E-state index contributed by atoms with van der Waals surface area (Å²) < 4.78 is 1.99. The summed E-state index contributed by atoms with van der Waals surface area (Å²) in [7, 11) is 2.15. The van der Waals surface area contributed by atoms with Gasteiger partial charge < -0.3 is 10.2 Å². The molecule has 6 nitrogen and oxygen atoms in total. The number of hydrogen-bond acceptors (Lipinski definition) is 3. The van der Waals surface area contributed by atoms with E-state index in [-0.39, 0.29) is 17.5 Å². The van der Waals surface area contributed by atoms with E-state index in [1.54, 1.807) is 0 Å². The molecule has 1 aliphatic rings. The predicted molar refractivity (Wildman–Crippen MR) is 109 cm³/mol. The Morgan fingerprint density at radius 1 is 1.15 bits per heavy atom. The van der Waals surface area contributed by atoms with Gasteiger partial charge in [0.05, 0.1) is 12.1 Å². The Labute approximate surface area is 161 Å². The van der Waals surface area contributed by atoms with Crippen LogP contribution < -0.4 is 10.6 Å². The number of hydrogen-bond donors (Lipinski definition) is 2. The summed E-state index contributed by atoms with van der Waals surface area (Å²) in [5, 5.41) is 10.6. The second-order valence-corrected chi connectivity index (χ2v) is 8.52. The number of carbonyl (C=O) groups is 1. The maximum absolute atomic E-state index is 12.6. The lowest BCUT2D eigenvalue weighted by atomic mass is 9.82. The van der Waals surface area contributed by atoms with Gasteiger partial charge in [-0.15, -0.1) is 0 Å². The maximum Gasteiger partial charge on any atom is 0.320 e. The zero-order valence-corrected chi connectivity index (χ0v) is 16.8. The van der Waals surface area contributed by atoms with Crippen molar-refractivity contribution in [3.05, 3.63) is 48.2 Å². The first-order valence-electron chi connectivity index (χ1n) is 9.69. The van der Waals surface area contributed by atoms with Crippen LogP contribution in [0, 0.1) is 5.41 Å². The highest BCUT2D eigenvalue weighted by atomic mass is 16.2. The molecule has 2 amide bonds. The van der Waals surface area contributed by atoms with Crippen molar-refractivity contribution in [2.45, 2.75) is 45.7 Å². The average molecular weight is 370 g/mol. The zero-order chi connectivity index (χ0) is 19.4. The van der Waals surface area contributed by atoms with Crippen LogP contribution in [0.25, 0.3) is 0 Å². The molecule has 0 spiro atoms. The van der Waals surface area contributed by atoms with Crippen LogP contribution in [0.4, 0.5) is 10.6 Å². The van der Waals surface area contributed by atoms with Crippen LogP contribution in [0.5, 0.6) is 0 Å². The lowest BCUT2D eigenvalue weighted by molar-refractivity contribution is 0.212. The number of amides is 2. The van der Waals surface area contributed by atoms with E-state index in [4.69, 9.17) is 0 Å². The Morgan fingerprint density at radius 2 is 1.81 bits per heavy atom. The van der Waals surface area contributed by atoms with E-state index in [9.17, 15) is 4.79 Å². The van der Waals surface area contributed by atoms with Crippen LogP contribution in [0.3, 0.4) is 0 Å². The number of aromatic nitrogens is 2. The van der Waals surface area contributed by atoms with Crippen LogP contribution >= 0.6 is 0 Å². The number of carbonyl (C=O) groups excluding carboxylic acids is 1. The molecule has 0 bridgehead atoms. The molecule has 2 aromatic rings. The molecule has 2 heterocycles. The van der Waals surface area contributed by atoms with Crippen molar-refractivity contribution in [1.29, 1.82) is 0 Å². The molecular weight excluding hydrogens is 338 g/mol. The smallest absolute Gasteiger partial charge is 0.320 e. The SMILES string of the molecule is CN1CCC(n2ccc(NC(=O)NC(c3ccccc3)C(C)(C)C)n2)CC1. The van der Waals surface area contributed by atoms with E-state index >= 15 is 0 Å². The van der Waals surface area contributed by atoms with Crippen LogP contribution in [0.1, 0.15) is 51.3 Å². The first-order valence-corrected chi connectivity index (χ1v) is 9.69. The predicted octanol–water partition coefficient (Wildman–Crippen LogP) is 4.06. The van der Waals surface area contributed by atoms with Crippen LogP contribution in [-0.2, 0) is 0 Å². The van der Waals surface area contributed by atoms with E-state index in [0.717, 1.165) is 31.5 Å². The van der Waals surface area contributed by atoms with Crippen molar-refractivity contribution >= 4 is 11.8 Å². The molecule has 1 unspecified atom stereocenters. The van der Waals surface area contributed by atoms with Crippen molar-refractivity contribution in [3.8, 4) is 0 Å². The van der Waals surface area contributed by atoms with Crippen molar-refractivity contribution in [2.75, 3.05) is 25.5 Å². The average Bonchev–Trinajstić information content (AvgIpc) is 3.08. The largest absolute Gasteiger partial charge is 0.330 e. The van der Waals surface area contributed by atoms with Gasteiger partial charge in [0.1, 0.15) is 0 Å². The molecule has 1 aliphatic heterocycles. The van der Waals surface area contributed by atoms with Gasteiger partial charge in [-0.2, -0.15) is 5.10 Å². The number of urea groups is 1. The fourth-order valence-corrected chi connectivity index (χ4v) is 3.60. The highest BCUT2D eigenvalue weighted by molar-refractivity contribution is 5.88. The zero-order valence-electron chi connectivity index (χ0n) is 16.8. The number of rotatable bonds is 4. The molecular formula is C21H31N5O. The van der Waals surface area contributed by atoms with Gasteiger partial charge >= 0.3 is 6.03 Å². The van der Waals surface area contributed by atoms with Crippen molar-refractivity contribution < 1.29 is 4.79 Å². The van der Waals surface area contributed by atoms with Gasteiger partial charge in [-0.3, -0.25) is 10.00 Å². The van der Waals surface area contributed by atoms with Crippen molar-refractivity contribution in [1.82, 2.24) is 20.0 Å². The molecule has 1 fully saturated rings. The maximum atomic E-state index is 12.6. The third-order valence-corrected chi connectivity index (χ3v) is 5.19. The number of benzene rings is 1. The molecule has 27 heavy (non-hydrogen) atoms. The monoisotopic (exact) mass is 369 g/mol. The molecule has 146 valence electrons. The van der Waals surface area contributed by atoms with Crippen LogP contribution in [0.2, 0.25) is 0 Å². The fraction of sp³-hybridized carbons (Fsp3) is 0.524. The molecule has 1 saturated heterocycles. The number of nitrogens with one attached hydrogen (secondary N) is 2. The van der Waals surface area contributed by atoms with E-state index in [2.05, 4.69) is 48.5 Å². The number of piperidine rings is 1. The molecule has 1 atom stereocenters. The van der Waals surface area contributed by atoms with E-state index in [1.807, 2.05) is 47.3 Å². The number of nitrogens with zero attached hydrogens (tertiary/aromatic N) is 3. The highest BCUT2D eigenvalue weighted by Crippen LogP contribution is 2.32. The molecule has 3 rings (SSSR count). The highest BCUT2D eigenvalue weighted by Gasteiger charge is 2.28.